The van der Waals surface area contributed by atoms with Gasteiger partial charge in [0.1, 0.15) is 6.04 Å². The van der Waals surface area contributed by atoms with Crippen molar-refractivity contribution in [2.45, 2.75) is 25.4 Å². The first-order chi connectivity index (χ1) is 11.2. The fourth-order valence-electron chi connectivity index (χ4n) is 2.38. The van der Waals surface area contributed by atoms with E-state index in [2.05, 4.69) is 10.3 Å². The fraction of sp³-hybridized carbons (Fsp3) is 0.286. The smallest absolute Gasteiger partial charge is 0.333 e. The molecule has 1 heterocycles. The van der Waals surface area contributed by atoms with E-state index in [4.69, 9.17) is 9.66 Å². The SMILES string of the molecule is C[C@H](NS(=O)(=O)O)[C@H](NC(=O)Cc1c[nH]c2ccccc12)C(=O)O. The van der Waals surface area contributed by atoms with Crippen molar-refractivity contribution in [2.75, 3.05) is 0 Å². The first-order valence-corrected chi connectivity index (χ1v) is 8.43. The number of benzene rings is 1. The second-order valence-corrected chi connectivity index (χ2v) is 6.49. The predicted molar refractivity (Wildman–Crippen MR) is 85.7 cm³/mol. The minimum Gasteiger partial charge on any atom is -0.480 e. The van der Waals surface area contributed by atoms with Crippen LogP contribution in [0.25, 0.3) is 10.9 Å². The van der Waals surface area contributed by atoms with Crippen molar-refractivity contribution in [2.24, 2.45) is 0 Å². The van der Waals surface area contributed by atoms with Crippen LogP contribution < -0.4 is 10.0 Å². The van der Waals surface area contributed by atoms with Gasteiger partial charge in [-0.2, -0.15) is 13.1 Å². The Kier molecular flexibility index (Phi) is 5.22. The summed E-state index contributed by atoms with van der Waals surface area (Å²) in [6.45, 7) is 1.22. The van der Waals surface area contributed by atoms with Crippen molar-refractivity contribution in [3.05, 3.63) is 36.0 Å². The third-order valence-corrected chi connectivity index (χ3v) is 4.11. The molecule has 0 aliphatic rings. The lowest BCUT2D eigenvalue weighted by atomic mass is 10.1. The maximum Gasteiger partial charge on any atom is 0.333 e. The molecule has 1 aromatic heterocycles. The number of rotatable bonds is 7. The van der Waals surface area contributed by atoms with Gasteiger partial charge in [0.15, 0.2) is 0 Å². The first-order valence-electron chi connectivity index (χ1n) is 6.99. The normalized spacial score (nSPS) is 14.2. The Hall–Kier alpha value is -2.43. The topological polar surface area (TPSA) is 149 Å². The molecule has 0 saturated heterocycles. The molecule has 1 amide bonds. The van der Waals surface area contributed by atoms with E-state index in [1.54, 1.807) is 10.9 Å². The highest BCUT2D eigenvalue weighted by molar-refractivity contribution is 7.83. The molecule has 0 saturated carbocycles. The van der Waals surface area contributed by atoms with E-state index in [1.165, 1.54) is 6.92 Å². The van der Waals surface area contributed by atoms with Gasteiger partial charge < -0.3 is 15.4 Å². The average molecular weight is 355 g/mol. The Morgan fingerprint density at radius 3 is 2.58 bits per heavy atom. The summed E-state index contributed by atoms with van der Waals surface area (Å²) in [5.41, 5.74) is 1.53. The van der Waals surface area contributed by atoms with Crippen LogP contribution in [0, 0.1) is 0 Å². The van der Waals surface area contributed by atoms with Crippen LogP contribution in [0.5, 0.6) is 0 Å². The minimum absolute atomic E-state index is 0.0770. The number of aromatic nitrogens is 1. The van der Waals surface area contributed by atoms with E-state index < -0.39 is 34.3 Å². The third-order valence-electron chi connectivity index (χ3n) is 3.44. The Labute approximate surface area is 137 Å². The molecule has 0 aliphatic heterocycles. The molecule has 0 aliphatic carbocycles. The summed E-state index contributed by atoms with van der Waals surface area (Å²) in [5.74, 6) is -2.01. The molecule has 9 nitrogen and oxygen atoms in total. The van der Waals surface area contributed by atoms with Crippen molar-refractivity contribution in [3.63, 3.8) is 0 Å². The molecule has 0 bridgehead atoms. The number of H-pyrrole nitrogens is 1. The van der Waals surface area contributed by atoms with Crippen molar-refractivity contribution in [1.29, 1.82) is 0 Å². The van der Waals surface area contributed by atoms with E-state index >= 15 is 0 Å². The van der Waals surface area contributed by atoms with Gasteiger partial charge in [-0.1, -0.05) is 18.2 Å². The molecule has 2 aromatic rings. The summed E-state index contributed by atoms with van der Waals surface area (Å²) in [7, 11) is -4.59. The lowest BCUT2D eigenvalue weighted by Gasteiger charge is -2.21. The molecule has 130 valence electrons. The predicted octanol–water partition coefficient (Wildman–Crippen LogP) is 0.0607. The number of amides is 1. The quantitative estimate of drug-likeness (QED) is 0.444. The lowest BCUT2D eigenvalue weighted by Crippen LogP contribution is -2.54. The summed E-state index contributed by atoms with van der Waals surface area (Å²) in [6, 6.07) is 4.57. The number of carboxylic acids is 1. The monoisotopic (exact) mass is 355 g/mol. The molecule has 0 radical (unpaired) electrons. The number of carbonyl (C=O) groups is 2. The number of para-hydroxylation sites is 1. The van der Waals surface area contributed by atoms with Crippen LogP contribution in [0.3, 0.4) is 0 Å². The van der Waals surface area contributed by atoms with Crippen LogP contribution >= 0.6 is 0 Å². The van der Waals surface area contributed by atoms with Gasteiger partial charge >= 0.3 is 16.3 Å². The van der Waals surface area contributed by atoms with Gasteiger partial charge in [0, 0.05) is 17.1 Å². The zero-order valence-electron chi connectivity index (χ0n) is 12.7. The lowest BCUT2D eigenvalue weighted by molar-refractivity contribution is -0.142. The van der Waals surface area contributed by atoms with E-state index in [-0.39, 0.29) is 6.42 Å². The van der Waals surface area contributed by atoms with Crippen LogP contribution in [0.2, 0.25) is 0 Å². The second-order valence-electron chi connectivity index (χ2n) is 5.30. The highest BCUT2D eigenvalue weighted by Gasteiger charge is 2.29. The summed E-state index contributed by atoms with van der Waals surface area (Å²) in [4.78, 5) is 26.4. The summed E-state index contributed by atoms with van der Waals surface area (Å²) < 4.78 is 32.0. The molecule has 0 spiro atoms. The van der Waals surface area contributed by atoms with E-state index in [0.717, 1.165) is 10.9 Å². The van der Waals surface area contributed by atoms with Crippen LogP contribution in [-0.4, -0.2) is 47.0 Å². The first kappa shape index (κ1) is 17.9. The van der Waals surface area contributed by atoms with Gasteiger partial charge in [0.05, 0.1) is 12.5 Å². The molecular formula is C14H17N3O6S. The Bertz CT molecular complexity index is 860. The van der Waals surface area contributed by atoms with Crippen LogP contribution in [0.15, 0.2) is 30.5 Å². The minimum atomic E-state index is -4.59. The third kappa shape index (κ3) is 4.54. The molecule has 24 heavy (non-hydrogen) atoms. The number of hydrogen-bond acceptors (Lipinski definition) is 4. The van der Waals surface area contributed by atoms with Gasteiger partial charge in [0.2, 0.25) is 5.91 Å². The zero-order chi connectivity index (χ0) is 17.9. The van der Waals surface area contributed by atoms with Crippen LogP contribution in [-0.2, 0) is 26.3 Å². The molecule has 1 aromatic carbocycles. The van der Waals surface area contributed by atoms with Crippen LogP contribution in [0.1, 0.15) is 12.5 Å². The standard InChI is InChI=1S/C14H17N3O6S/c1-8(17-24(21,22)23)13(14(19)20)16-12(18)6-9-7-15-11-5-3-2-4-10(9)11/h2-5,7-8,13,15,17H,6H2,1H3,(H,16,18)(H,19,20)(H,21,22,23)/t8-,13-/m0/s1. The van der Waals surface area contributed by atoms with Crippen LogP contribution in [0.4, 0.5) is 0 Å². The van der Waals surface area contributed by atoms with Crippen molar-refractivity contribution in [1.82, 2.24) is 15.0 Å². The molecular weight excluding hydrogens is 338 g/mol. The van der Waals surface area contributed by atoms with Gasteiger partial charge in [-0.15, -0.1) is 0 Å². The Morgan fingerprint density at radius 1 is 1.29 bits per heavy atom. The Balaban J connectivity index is 2.09. The molecule has 0 fully saturated rings. The summed E-state index contributed by atoms with van der Waals surface area (Å²) in [6.07, 6.45) is 1.58. The van der Waals surface area contributed by atoms with Crippen molar-refractivity contribution in [3.8, 4) is 0 Å². The average Bonchev–Trinajstić information content (AvgIpc) is 2.86. The number of aromatic amines is 1. The molecule has 0 unspecified atom stereocenters. The summed E-state index contributed by atoms with van der Waals surface area (Å²) >= 11 is 0. The number of carbonyl (C=O) groups excluding carboxylic acids is 1. The van der Waals surface area contributed by atoms with Gasteiger partial charge in [-0.25, -0.2) is 4.79 Å². The van der Waals surface area contributed by atoms with E-state index in [0.29, 0.717) is 5.56 Å². The van der Waals surface area contributed by atoms with Crippen molar-refractivity contribution < 1.29 is 27.7 Å². The highest BCUT2D eigenvalue weighted by Crippen LogP contribution is 2.18. The maximum absolute atomic E-state index is 12.1. The number of hydrogen-bond donors (Lipinski definition) is 5. The highest BCUT2D eigenvalue weighted by atomic mass is 32.2. The van der Waals surface area contributed by atoms with Gasteiger partial charge in [-0.05, 0) is 18.6 Å². The van der Waals surface area contributed by atoms with E-state index in [9.17, 15) is 18.0 Å². The number of carboxylic acid groups (broad SMARTS) is 1. The molecule has 2 atom stereocenters. The van der Waals surface area contributed by atoms with Gasteiger partial charge in [0.25, 0.3) is 0 Å². The van der Waals surface area contributed by atoms with E-state index in [1.807, 2.05) is 24.3 Å². The maximum atomic E-state index is 12.1. The van der Waals surface area contributed by atoms with Crippen molar-refractivity contribution >= 4 is 33.1 Å². The summed E-state index contributed by atoms with van der Waals surface area (Å²) in [5, 5.41) is 12.2. The zero-order valence-corrected chi connectivity index (χ0v) is 13.5. The second kappa shape index (κ2) is 6.99. The fourth-order valence-corrected chi connectivity index (χ4v) is 2.98. The number of fused-ring (bicyclic) bond motifs is 1. The molecule has 2 rings (SSSR count). The largest absolute Gasteiger partial charge is 0.480 e. The Morgan fingerprint density at radius 2 is 1.96 bits per heavy atom. The number of nitrogens with one attached hydrogen (secondary N) is 3. The molecule has 5 N–H and O–H groups in total. The van der Waals surface area contributed by atoms with Gasteiger partial charge in [-0.3, -0.25) is 9.35 Å². The number of aliphatic carboxylic acids is 1. The molecule has 10 heteroatoms.